The summed E-state index contributed by atoms with van der Waals surface area (Å²) in [4.78, 5) is 21.0. The molecule has 116 valence electrons. The van der Waals surface area contributed by atoms with Crippen LogP contribution in [0.3, 0.4) is 0 Å². The molecule has 0 radical (unpaired) electrons. The lowest BCUT2D eigenvalue weighted by molar-refractivity contribution is -0.120. The maximum absolute atomic E-state index is 12.0. The third-order valence-corrected chi connectivity index (χ3v) is 3.29. The van der Waals surface area contributed by atoms with E-state index >= 15 is 0 Å². The van der Waals surface area contributed by atoms with E-state index in [2.05, 4.69) is 10.6 Å². The number of amides is 2. The fourth-order valence-corrected chi connectivity index (χ4v) is 1.72. The minimum Gasteiger partial charge on any atom is -0.497 e. The lowest BCUT2D eigenvalue weighted by Crippen LogP contribution is -2.52. The number of alkyl halides is 4. The zero-order valence-electron chi connectivity index (χ0n) is 10.8. The zero-order valence-corrected chi connectivity index (χ0v) is 13.8. The van der Waals surface area contributed by atoms with Crippen molar-refractivity contribution in [2.45, 2.75) is 15.8 Å². The maximum Gasteiger partial charge on any atom is 0.254 e. The van der Waals surface area contributed by atoms with Crippen LogP contribution in [0.25, 0.3) is 0 Å². The molecule has 0 aliphatic carbocycles. The minimum atomic E-state index is -1.29. The first-order chi connectivity index (χ1) is 9.85. The number of carbonyl (C=O) groups is 2. The first kappa shape index (κ1) is 18.2. The highest BCUT2D eigenvalue weighted by Crippen LogP contribution is 2.13. The summed E-state index contributed by atoms with van der Waals surface area (Å²) < 4.78 is 4.99. The van der Waals surface area contributed by atoms with Crippen molar-refractivity contribution in [1.29, 1.82) is 0 Å². The van der Waals surface area contributed by atoms with E-state index in [-0.39, 0.29) is 0 Å². The molecular weight excluding hydrogens is 362 g/mol. The SMILES string of the molecule is COc1ccc(C(=O)NC(NC(=O)C(Cl)Cl)C(Cl)Cl)cc1. The third kappa shape index (κ3) is 5.79. The zero-order chi connectivity index (χ0) is 16.0. The van der Waals surface area contributed by atoms with Crippen molar-refractivity contribution in [3.05, 3.63) is 29.8 Å². The molecule has 1 unspecified atom stereocenters. The predicted molar refractivity (Wildman–Crippen MR) is 83.4 cm³/mol. The molecule has 2 N–H and O–H groups in total. The van der Waals surface area contributed by atoms with Crippen LogP contribution in [0.4, 0.5) is 0 Å². The van der Waals surface area contributed by atoms with Crippen molar-refractivity contribution in [1.82, 2.24) is 10.6 Å². The van der Waals surface area contributed by atoms with Gasteiger partial charge in [-0.1, -0.05) is 23.2 Å². The van der Waals surface area contributed by atoms with E-state index in [9.17, 15) is 9.59 Å². The molecule has 0 aliphatic heterocycles. The molecule has 0 aliphatic rings. The number of rotatable bonds is 6. The Labute approximate surface area is 141 Å². The largest absolute Gasteiger partial charge is 0.497 e. The van der Waals surface area contributed by atoms with Crippen LogP contribution >= 0.6 is 46.4 Å². The highest BCUT2D eigenvalue weighted by Gasteiger charge is 2.24. The van der Waals surface area contributed by atoms with E-state index in [0.29, 0.717) is 11.3 Å². The Morgan fingerprint density at radius 2 is 1.62 bits per heavy atom. The summed E-state index contributed by atoms with van der Waals surface area (Å²) in [6, 6.07) is 6.34. The topological polar surface area (TPSA) is 67.4 Å². The van der Waals surface area contributed by atoms with Gasteiger partial charge in [0.25, 0.3) is 11.8 Å². The van der Waals surface area contributed by atoms with E-state index in [4.69, 9.17) is 51.1 Å². The fraction of sp³-hybridized carbons (Fsp3) is 0.333. The molecule has 1 rings (SSSR count). The molecule has 0 bridgehead atoms. The fourth-order valence-electron chi connectivity index (χ4n) is 1.35. The van der Waals surface area contributed by atoms with E-state index in [1.165, 1.54) is 7.11 Å². The second-order valence-electron chi connectivity index (χ2n) is 3.82. The van der Waals surface area contributed by atoms with Gasteiger partial charge in [0.2, 0.25) is 0 Å². The number of hydrogen-bond acceptors (Lipinski definition) is 3. The van der Waals surface area contributed by atoms with Gasteiger partial charge < -0.3 is 15.4 Å². The van der Waals surface area contributed by atoms with Crippen molar-refractivity contribution in [2.24, 2.45) is 0 Å². The van der Waals surface area contributed by atoms with Crippen molar-refractivity contribution >= 4 is 58.2 Å². The molecule has 1 aromatic rings. The smallest absolute Gasteiger partial charge is 0.254 e. The Bertz CT molecular complexity index is 494. The number of carbonyl (C=O) groups excluding carboxylic acids is 2. The molecule has 1 aromatic carbocycles. The number of ether oxygens (including phenoxy) is 1. The lowest BCUT2D eigenvalue weighted by atomic mass is 10.2. The van der Waals surface area contributed by atoms with Gasteiger partial charge in [-0.3, -0.25) is 9.59 Å². The summed E-state index contributed by atoms with van der Waals surface area (Å²) in [6.07, 6.45) is -1.03. The Kier molecular flexibility index (Phi) is 7.39. The average molecular weight is 374 g/mol. The molecule has 0 saturated carbocycles. The summed E-state index contributed by atoms with van der Waals surface area (Å²) in [5.41, 5.74) is 0.345. The second-order valence-corrected chi connectivity index (χ2v) is 6.08. The number of methoxy groups -OCH3 is 1. The van der Waals surface area contributed by atoms with E-state index < -0.39 is 27.7 Å². The van der Waals surface area contributed by atoms with E-state index in [0.717, 1.165) is 0 Å². The second kappa shape index (κ2) is 8.54. The van der Waals surface area contributed by atoms with E-state index in [1.54, 1.807) is 24.3 Å². The molecule has 21 heavy (non-hydrogen) atoms. The molecule has 0 fully saturated rings. The highest BCUT2D eigenvalue weighted by atomic mass is 35.5. The van der Waals surface area contributed by atoms with Crippen LogP contribution in [-0.4, -0.2) is 34.8 Å². The van der Waals surface area contributed by atoms with Crippen LogP contribution in [0.1, 0.15) is 10.4 Å². The summed E-state index contributed by atoms with van der Waals surface area (Å²) in [5.74, 6) is -0.587. The average Bonchev–Trinajstić information content (AvgIpc) is 2.46. The van der Waals surface area contributed by atoms with Crippen molar-refractivity contribution < 1.29 is 14.3 Å². The highest BCUT2D eigenvalue weighted by molar-refractivity contribution is 6.53. The third-order valence-electron chi connectivity index (χ3n) is 2.39. The molecule has 2 amide bonds. The first-order valence-electron chi connectivity index (χ1n) is 5.66. The summed E-state index contributed by atoms with van der Waals surface area (Å²) in [7, 11) is 1.51. The van der Waals surface area contributed by atoms with Crippen LogP contribution in [0.15, 0.2) is 24.3 Å². The Morgan fingerprint density at radius 1 is 1.05 bits per heavy atom. The van der Waals surface area contributed by atoms with Crippen LogP contribution in [0.2, 0.25) is 0 Å². The minimum absolute atomic E-state index is 0.345. The van der Waals surface area contributed by atoms with Gasteiger partial charge in [0.15, 0.2) is 4.84 Å². The molecule has 1 atom stereocenters. The molecule has 5 nitrogen and oxygen atoms in total. The van der Waals surface area contributed by atoms with Gasteiger partial charge in [0.1, 0.15) is 16.8 Å². The Morgan fingerprint density at radius 3 is 2.05 bits per heavy atom. The number of benzene rings is 1. The van der Waals surface area contributed by atoms with Crippen molar-refractivity contribution in [3.63, 3.8) is 0 Å². The van der Waals surface area contributed by atoms with Crippen molar-refractivity contribution in [2.75, 3.05) is 7.11 Å². The summed E-state index contributed by atoms with van der Waals surface area (Å²) >= 11 is 22.2. The number of hydrogen-bond donors (Lipinski definition) is 2. The molecule has 0 heterocycles. The number of halogens is 4. The van der Waals surface area contributed by atoms with Crippen LogP contribution in [-0.2, 0) is 4.79 Å². The monoisotopic (exact) mass is 372 g/mol. The van der Waals surface area contributed by atoms with Crippen LogP contribution in [0.5, 0.6) is 5.75 Å². The van der Waals surface area contributed by atoms with Gasteiger partial charge in [-0.25, -0.2) is 0 Å². The number of nitrogens with one attached hydrogen (secondary N) is 2. The van der Waals surface area contributed by atoms with Crippen LogP contribution < -0.4 is 15.4 Å². The quantitative estimate of drug-likeness (QED) is 0.594. The van der Waals surface area contributed by atoms with Gasteiger partial charge in [-0.2, -0.15) is 0 Å². The molecular formula is C12H12Cl4N2O3. The molecule has 0 saturated heterocycles. The van der Waals surface area contributed by atoms with Crippen LogP contribution in [0, 0.1) is 0 Å². The normalized spacial score (nSPS) is 12.1. The first-order valence-corrected chi connectivity index (χ1v) is 7.41. The summed E-state index contributed by atoms with van der Waals surface area (Å²) in [6.45, 7) is 0. The molecule has 0 aromatic heterocycles. The van der Waals surface area contributed by atoms with Gasteiger partial charge in [-0.15, -0.1) is 23.2 Å². The lowest BCUT2D eigenvalue weighted by Gasteiger charge is -2.21. The molecule has 9 heteroatoms. The standard InChI is InChI=1S/C12H12Cl4N2O3/c1-21-7-4-2-6(3-5-7)11(19)17-10(8(13)14)18-12(20)9(15)16/h2-5,8-10H,1H3,(H,17,19)(H,18,20). The van der Waals surface area contributed by atoms with Gasteiger partial charge >= 0.3 is 0 Å². The van der Waals surface area contributed by atoms with Gasteiger partial charge in [0.05, 0.1) is 7.11 Å². The summed E-state index contributed by atoms with van der Waals surface area (Å²) in [5, 5.41) is 4.78. The Hall–Kier alpha value is -0.880. The maximum atomic E-state index is 12.0. The van der Waals surface area contributed by atoms with Crippen molar-refractivity contribution in [3.8, 4) is 5.75 Å². The Balaban J connectivity index is 2.73. The predicted octanol–water partition coefficient (Wildman–Crippen LogP) is 2.47. The van der Waals surface area contributed by atoms with E-state index in [1.807, 2.05) is 0 Å². The molecule has 0 spiro atoms. The van der Waals surface area contributed by atoms with Gasteiger partial charge in [0, 0.05) is 5.56 Å². The van der Waals surface area contributed by atoms with Gasteiger partial charge in [-0.05, 0) is 24.3 Å².